The highest BCUT2D eigenvalue weighted by Crippen LogP contribution is 2.33. The molecule has 0 unspecified atom stereocenters. The van der Waals surface area contributed by atoms with Crippen molar-refractivity contribution in [2.45, 2.75) is 50.7 Å². The van der Waals surface area contributed by atoms with E-state index in [1.54, 1.807) is 49.4 Å². The van der Waals surface area contributed by atoms with Gasteiger partial charge in [-0.05, 0) is 74.4 Å². The van der Waals surface area contributed by atoms with Crippen LogP contribution in [-0.4, -0.2) is 58.0 Å². The predicted molar refractivity (Wildman–Crippen MR) is 165 cm³/mol. The van der Waals surface area contributed by atoms with Gasteiger partial charge < -0.3 is 19.7 Å². The fraction of sp³-hybridized carbons (Fsp3) is 0.333. The molecule has 42 heavy (non-hydrogen) atoms. The number of sulfonamides is 1. The van der Waals surface area contributed by atoms with Crippen LogP contribution >= 0.6 is 23.2 Å². The van der Waals surface area contributed by atoms with Crippen molar-refractivity contribution in [3.8, 4) is 11.5 Å². The van der Waals surface area contributed by atoms with E-state index in [1.165, 1.54) is 43.4 Å². The molecule has 3 aromatic carbocycles. The third-order valence-corrected chi connectivity index (χ3v) is 9.17. The second-order valence-corrected chi connectivity index (χ2v) is 12.3. The number of hydrogen-bond acceptors (Lipinski definition) is 6. The van der Waals surface area contributed by atoms with Gasteiger partial charge in [-0.2, -0.15) is 0 Å². The number of anilines is 1. The zero-order chi connectivity index (χ0) is 31.0. The summed E-state index contributed by atoms with van der Waals surface area (Å²) in [6, 6.07) is 16.1. The van der Waals surface area contributed by atoms with Crippen LogP contribution in [0.5, 0.6) is 11.5 Å². The molecule has 226 valence electrons. The Hall–Kier alpha value is -3.47. The predicted octanol–water partition coefficient (Wildman–Crippen LogP) is 5.54. The molecule has 3 rings (SSSR count). The van der Waals surface area contributed by atoms with Crippen molar-refractivity contribution in [3.63, 3.8) is 0 Å². The van der Waals surface area contributed by atoms with Crippen molar-refractivity contribution in [2.24, 2.45) is 0 Å². The van der Waals surface area contributed by atoms with Crippen LogP contribution in [0.4, 0.5) is 5.69 Å². The summed E-state index contributed by atoms with van der Waals surface area (Å²) in [5.74, 6) is -0.293. The van der Waals surface area contributed by atoms with Crippen LogP contribution in [0, 0.1) is 0 Å². The highest BCUT2D eigenvalue weighted by molar-refractivity contribution is 7.92. The summed E-state index contributed by atoms with van der Waals surface area (Å²) >= 11 is 12.5. The monoisotopic (exact) mass is 635 g/mol. The molecule has 12 heteroatoms. The molecule has 0 heterocycles. The van der Waals surface area contributed by atoms with Gasteiger partial charge in [0.05, 0.1) is 24.8 Å². The summed E-state index contributed by atoms with van der Waals surface area (Å²) in [5.41, 5.74) is 0.699. The van der Waals surface area contributed by atoms with Gasteiger partial charge in [-0.3, -0.25) is 13.9 Å². The first-order valence-corrected chi connectivity index (χ1v) is 15.5. The summed E-state index contributed by atoms with van der Waals surface area (Å²) < 4.78 is 39.7. The Morgan fingerprint density at radius 1 is 0.952 bits per heavy atom. The normalized spacial score (nSPS) is 12.6. The van der Waals surface area contributed by atoms with Crippen molar-refractivity contribution >= 4 is 50.7 Å². The first-order chi connectivity index (χ1) is 19.9. The number of nitrogens with zero attached hydrogens (tertiary/aromatic N) is 2. The van der Waals surface area contributed by atoms with Crippen LogP contribution in [0.3, 0.4) is 0 Å². The molecule has 0 aliphatic heterocycles. The van der Waals surface area contributed by atoms with Crippen LogP contribution in [0.2, 0.25) is 10.0 Å². The minimum Gasteiger partial charge on any atom is -0.497 e. The number of para-hydroxylation sites is 2. The molecule has 0 radical (unpaired) electrons. The fourth-order valence-corrected chi connectivity index (χ4v) is 6.00. The maximum Gasteiger partial charge on any atom is 0.264 e. The minimum absolute atomic E-state index is 0.0585. The highest BCUT2D eigenvalue weighted by atomic mass is 35.5. The molecule has 2 atom stereocenters. The van der Waals surface area contributed by atoms with Crippen molar-refractivity contribution in [3.05, 3.63) is 82.3 Å². The molecule has 0 aromatic heterocycles. The lowest BCUT2D eigenvalue weighted by Crippen LogP contribution is -2.52. The van der Waals surface area contributed by atoms with E-state index in [2.05, 4.69) is 5.32 Å². The Morgan fingerprint density at radius 3 is 2.21 bits per heavy atom. The first-order valence-electron chi connectivity index (χ1n) is 13.3. The van der Waals surface area contributed by atoms with Gasteiger partial charge in [0.25, 0.3) is 10.0 Å². The number of carbonyl (C=O) groups is 2. The van der Waals surface area contributed by atoms with Gasteiger partial charge in [0.2, 0.25) is 11.8 Å². The Labute approximate surface area is 257 Å². The van der Waals surface area contributed by atoms with Crippen LogP contribution in [-0.2, 0) is 26.2 Å². The van der Waals surface area contributed by atoms with E-state index < -0.39 is 28.5 Å². The van der Waals surface area contributed by atoms with Crippen molar-refractivity contribution in [1.82, 2.24) is 10.2 Å². The van der Waals surface area contributed by atoms with E-state index in [4.69, 9.17) is 32.7 Å². The number of ether oxygens (including phenoxy) is 2. The summed E-state index contributed by atoms with van der Waals surface area (Å²) in [4.78, 5) is 28.5. The van der Waals surface area contributed by atoms with E-state index in [0.29, 0.717) is 27.8 Å². The molecule has 0 fully saturated rings. The summed E-state index contributed by atoms with van der Waals surface area (Å²) in [7, 11) is -1.40. The minimum atomic E-state index is -4.29. The second-order valence-electron chi connectivity index (χ2n) is 9.61. The summed E-state index contributed by atoms with van der Waals surface area (Å²) in [5, 5.41) is 3.62. The standard InChI is InChI=1S/C30H35Cl2N3O6S/c1-6-20(2)33-30(37)21(3)34(18-22-11-12-23(31)17-26(22)32)29(36)19-35(27-9-7-8-10-28(27)41-5)42(38,39)25-15-13-24(40-4)14-16-25/h7-17,20-21H,6,18-19H2,1-5H3,(H,33,37)/t20-,21+/m1/s1. The number of halogens is 2. The molecule has 0 aliphatic carbocycles. The Morgan fingerprint density at radius 2 is 1.62 bits per heavy atom. The molecule has 0 aliphatic rings. The van der Waals surface area contributed by atoms with Gasteiger partial charge >= 0.3 is 0 Å². The summed E-state index contributed by atoms with van der Waals surface area (Å²) in [6.07, 6.45) is 0.692. The average Bonchev–Trinajstić information content (AvgIpc) is 2.98. The molecule has 0 bridgehead atoms. The Balaban J connectivity index is 2.09. The van der Waals surface area contributed by atoms with Gasteiger partial charge in [0.15, 0.2) is 0 Å². The first kappa shape index (κ1) is 33.0. The second kappa shape index (κ2) is 14.6. The number of hydrogen-bond donors (Lipinski definition) is 1. The molecule has 0 saturated carbocycles. The zero-order valence-electron chi connectivity index (χ0n) is 24.1. The van der Waals surface area contributed by atoms with Gasteiger partial charge in [-0.1, -0.05) is 48.3 Å². The van der Waals surface area contributed by atoms with E-state index in [0.717, 1.165) is 4.31 Å². The van der Waals surface area contributed by atoms with Crippen molar-refractivity contribution in [2.75, 3.05) is 25.1 Å². The molecule has 0 saturated heterocycles. The fourth-order valence-electron chi connectivity index (χ4n) is 4.11. The number of methoxy groups -OCH3 is 2. The van der Waals surface area contributed by atoms with Crippen LogP contribution in [0.15, 0.2) is 71.6 Å². The van der Waals surface area contributed by atoms with Crippen molar-refractivity contribution < 1.29 is 27.5 Å². The molecule has 9 nitrogen and oxygen atoms in total. The van der Waals surface area contributed by atoms with Crippen LogP contribution < -0.4 is 19.1 Å². The maximum atomic E-state index is 14.1. The van der Waals surface area contributed by atoms with E-state index >= 15 is 0 Å². The molecule has 3 aromatic rings. The zero-order valence-corrected chi connectivity index (χ0v) is 26.5. The van der Waals surface area contributed by atoms with Gasteiger partial charge in [-0.15, -0.1) is 0 Å². The third-order valence-electron chi connectivity index (χ3n) is 6.80. The highest BCUT2D eigenvalue weighted by Gasteiger charge is 2.34. The lowest BCUT2D eigenvalue weighted by molar-refractivity contribution is -0.139. The largest absolute Gasteiger partial charge is 0.497 e. The molecule has 1 N–H and O–H groups in total. The van der Waals surface area contributed by atoms with Crippen LogP contribution in [0.25, 0.3) is 0 Å². The van der Waals surface area contributed by atoms with Crippen LogP contribution in [0.1, 0.15) is 32.8 Å². The van der Waals surface area contributed by atoms with E-state index in [-0.39, 0.29) is 34.8 Å². The molecular formula is C30H35Cl2N3O6S. The lowest BCUT2D eigenvalue weighted by Gasteiger charge is -2.33. The maximum absolute atomic E-state index is 14.1. The van der Waals surface area contributed by atoms with E-state index in [1.807, 2.05) is 13.8 Å². The van der Waals surface area contributed by atoms with Gasteiger partial charge in [0.1, 0.15) is 24.1 Å². The number of amides is 2. The molecule has 2 amide bonds. The summed E-state index contributed by atoms with van der Waals surface area (Å²) in [6.45, 7) is 4.69. The number of carbonyl (C=O) groups excluding carboxylic acids is 2. The lowest BCUT2D eigenvalue weighted by atomic mass is 10.1. The topological polar surface area (TPSA) is 105 Å². The average molecular weight is 637 g/mol. The van der Waals surface area contributed by atoms with E-state index in [9.17, 15) is 18.0 Å². The third kappa shape index (κ3) is 7.87. The van der Waals surface area contributed by atoms with Gasteiger partial charge in [-0.25, -0.2) is 8.42 Å². The molecule has 0 spiro atoms. The number of rotatable bonds is 13. The smallest absolute Gasteiger partial charge is 0.264 e. The molecular weight excluding hydrogens is 601 g/mol. The van der Waals surface area contributed by atoms with Gasteiger partial charge in [0, 0.05) is 22.6 Å². The SMILES string of the molecule is CC[C@@H](C)NC(=O)[C@H](C)N(Cc1ccc(Cl)cc1Cl)C(=O)CN(c1ccccc1OC)S(=O)(=O)c1ccc(OC)cc1. The number of benzene rings is 3. The quantitative estimate of drug-likeness (QED) is 0.264. The van der Waals surface area contributed by atoms with Crippen molar-refractivity contribution in [1.29, 1.82) is 0 Å². The number of nitrogens with one attached hydrogen (secondary N) is 1. The Bertz CT molecular complexity index is 1500. The Kier molecular flexibility index (Phi) is 11.5.